The smallest absolute Gasteiger partial charge is 0.219 e. The van der Waals surface area contributed by atoms with Crippen LogP contribution >= 0.6 is 0 Å². The minimum Gasteiger partial charge on any atom is -0.393 e. The van der Waals surface area contributed by atoms with Gasteiger partial charge in [-0.05, 0) is 17.7 Å². The van der Waals surface area contributed by atoms with Crippen LogP contribution in [0.4, 0.5) is 10.1 Å². The predicted molar refractivity (Wildman–Crippen MR) is 107 cm³/mol. The summed E-state index contributed by atoms with van der Waals surface area (Å²) in [5.41, 5.74) is 2.77. The minimum absolute atomic E-state index is 0.0509. The van der Waals surface area contributed by atoms with Gasteiger partial charge < -0.3 is 26.3 Å². The summed E-state index contributed by atoms with van der Waals surface area (Å²) in [6.07, 6.45) is 3.37. The van der Waals surface area contributed by atoms with Crippen molar-refractivity contribution in [1.29, 1.82) is 10.8 Å². The highest BCUT2D eigenvalue weighted by Crippen LogP contribution is 2.22. The Labute approximate surface area is 158 Å². The molecule has 1 aliphatic heterocycles. The van der Waals surface area contributed by atoms with Crippen LogP contribution in [0.15, 0.2) is 35.7 Å². The number of carbonyl (C=O) groups excluding carboxylic acids is 1. The molecule has 0 aromatic heterocycles. The van der Waals surface area contributed by atoms with Crippen molar-refractivity contribution in [3.63, 3.8) is 0 Å². The summed E-state index contributed by atoms with van der Waals surface area (Å²) in [6.45, 7) is 2.40. The molecule has 1 aromatic carbocycles. The Balaban J connectivity index is 2.24. The summed E-state index contributed by atoms with van der Waals surface area (Å²) in [5.74, 6) is -0.525. The van der Waals surface area contributed by atoms with E-state index in [1.165, 1.54) is 19.1 Å². The van der Waals surface area contributed by atoms with Crippen molar-refractivity contribution in [2.24, 2.45) is 0 Å². The van der Waals surface area contributed by atoms with E-state index in [1.54, 1.807) is 31.3 Å². The Hall–Kier alpha value is -3.16. The number of allylic oxidation sites excluding steroid dienone is 1. The van der Waals surface area contributed by atoms with Gasteiger partial charge in [0.2, 0.25) is 5.91 Å². The molecule has 0 radical (unpaired) electrons. The van der Waals surface area contributed by atoms with Gasteiger partial charge in [-0.15, -0.1) is 0 Å². The first-order valence-corrected chi connectivity index (χ1v) is 8.60. The Morgan fingerprint density at radius 1 is 1.33 bits per heavy atom. The van der Waals surface area contributed by atoms with Gasteiger partial charge >= 0.3 is 0 Å². The van der Waals surface area contributed by atoms with Gasteiger partial charge in [0.05, 0.1) is 12.2 Å². The van der Waals surface area contributed by atoms with Crippen LogP contribution in [-0.4, -0.2) is 50.0 Å². The number of anilines is 1. The van der Waals surface area contributed by atoms with Gasteiger partial charge in [0.1, 0.15) is 11.7 Å². The van der Waals surface area contributed by atoms with E-state index in [-0.39, 0.29) is 17.4 Å². The van der Waals surface area contributed by atoms with Crippen molar-refractivity contribution >= 4 is 29.2 Å². The third-order valence-corrected chi connectivity index (χ3v) is 4.41. The molecule has 0 unspecified atom stereocenters. The number of amidine groups is 1. The molecule has 7 nitrogen and oxygen atoms in total. The van der Waals surface area contributed by atoms with Crippen molar-refractivity contribution in [3.8, 4) is 0 Å². The third-order valence-electron chi connectivity index (χ3n) is 4.41. The average molecular weight is 372 g/mol. The quantitative estimate of drug-likeness (QED) is 0.390. The average Bonchev–Trinajstić information content (AvgIpc) is 2.66. The first-order valence-electron chi connectivity index (χ1n) is 8.60. The van der Waals surface area contributed by atoms with Crippen LogP contribution in [0.1, 0.15) is 18.9 Å². The maximum Gasteiger partial charge on any atom is 0.219 e. The van der Waals surface area contributed by atoms with Gasteiger partial charge in [-0.25, -0.2) is 4.39 Å². The van der Waals surface area contributed by atoms with E-state index in [1.807, 2.05) is 0 Å². The second kappa shape index (κ2) is 8.98. The van der Waals surface area contributed by atoms with Crippen molar-refractivity contribution in [1.82, 2.24) is 15.5 Å². The van der Waals surface area contributed by atoms with Gasteiger partial charge in [-0.3, -0.25) is 10.2 Å². The molecule has 1 amide bonds. The monoisotopic (exact) mass is 372 g/mol. The zero-order valence-corrected chi connectivity index (χ0v) is 15.7. The van der Waals surface area contributed by atoms with Crippen LogP contribution in [-0.2, 0) is 4.79 Å². The number of halogens is 1. The molecule has 8 heteroatoms. The molecular weight excluding hydrogens is 347 g/mol. The molecule has 1 heterocycles. The lowest BCUT2D eigenvalue weighted by Gasteiger charge is -2.30. The van der Waals surface area contributed by atoms with Crippen LogP contribution in [0.3, 0.4) is 0 Å². The summed E-state index contributed by atoms with van der Waals surface area (Å²) in [4.78, 5) is 13.3. The lowest BCUT2D eigenvalue weighted by molar-refractivity contribution is -0.128. The number of hydrogen-bond donors (Lipinski definition) is 5. The number of rotatable bonds is 6. The molecular formula is C19H25FN6O. The summed E-state index contributed by atoms with van der Waals surface area (Å²) in [5, 5.41) is 24.5. The number of amides is 1. The van der Waals surface area contributed by atoms with E-state index in [9.17, 15) is 9.18 Å². The van der Waals surface area contributed by atoms with E-state index in [2.05, 4.69) is 16.0 Å². The number of nitrogens with zero attached hydrogens (tertiary/aromatic N) is 1. The molecule has 0 spiro atoms. The highest BCUT2D eigenvalue weighted by atomic mass is 19.1. The van der Waals surface area contributed by atoms with Crippen molar-refractivity contribution < 1.29 is 9.18 Å². The van der Waals surface area contributed by atoms with Gasteiger partial charge in [0, 0.05) is 63.2 Å². The summed E-state index contributed by atoms with van der Waals surface area (Å²) in [7, 11) is 3.48. The van der Waals surface area contributed by atoms with E-state index >= 15 is 0 Å². The van der Waals surface area contributed by atoms with Gasteiger partial charge in [0.25, 0.3) is 0 Å². The second-order valence-corrected chi connectivity index (χ2v) is 6.12. The number of nitrogens with one attached hydrogen (secondary N) is 5. The molecule has 0 saturated heterocycles. The fraction of sp³-hybridized carbons (Fsp3) is 0.316. The maximum atomic E-state index is 14.5. The zero-order chi connectivity index (χ0) is 20.0. The SMILES string of the molecule is CN/C=C(\C=N)c1ccc(NC(=N)C2=C(NC)CCN(C(C)=O)C2)c(F)c1. The van der Waals surface area contributed by atoms with E-state index in [0.717, 1.165) is 11.9 Å². The Bertz CT molecular complexity index is 814. The van der Waals surface area contributed by atoms with Crippen LogP contribution in [0.25, 0.3) is 5.57 Å². The fourth-order valence-corrected chi connectivity index (χ4v) is 2.91. The topological polar surface area (TPSA) is 104 Å². The molecule has 5 N–H and O–H groups in total. The molecule has 0 bridgehead atoms. The van der Waals surface area contributed by atoms with E-state index < -0.39 is 5.82 Å². The van der Waals surface area contributed by atoms with Gasteiger partial charge in [0.15, 0.2) is 0 Å². The molecule has 0 saturated carbocycles. The number of carbonyl (C=O) groups is 1. The molecule has 0 fully saturated rings. The van der Waals surface area contributed by atoms with Crippen LogP contribution in [0.5, 0.6) is 0 Å². The lowest BCUT2D eigenvalue weighted by Crippen LogP contribution is -2.40. The Kier molecular flexibility index (Phi) is 6.70. The Morgan fingerprint density at radius 2 is 2.07 bits per heavy atom. The molecule has 1 aromatic rings. The third kappa shape index (κ3) is 4.72. The Morgan fingerprint density at radius 3 is 2.63 bits per heavy atom. The normalized spacial score (nSPS) is 14.7. The first kappa shape index (κ1) is 20.2. The molecule has 144 valence electrons. The van der Waals surface area contributed by atoms with Crippen molar-refractivity contribution in [2.45, 2.75) is 13.3 Å². The number of hydrogen-bond acceptors (Lipinski definition) is 5. The molecule has 2 rings (SSSR count). The van der Waals surface area contributed by atoms with Gasteiger partial charge in [-0.1, -0.05) is 6.07 Å². The van der Waals surface area contributed by atoms with Crippen LogP contribution in [0, 0.1) is 16.6 Å². The molecule has 0 aliphatic carbocycles. The molecule has 27 heavy (non-hydrogen) atoms. The summed E-state index contributed by atoms with van der Waals surface area (Å²) in [6, 6.07) is 4.54. The maximum absolute atomic E-state index is 14.5. The highest BCUT2D eigenvalue weighted by Gasteiger charge is 2.23. The van der Waals surface area contributed by atoms with Crippen molar-refractivity contribution in [3.05, 3.63) is 47.0 Å². The second-order valence-electron chi connectivity index (χ2n) is 6.12. The standard InChI is InChI=1S/C19H25FN6O/c1-12(27)26-7-6-17(24-3)15(11-26)19(22)25-18-5-4-13(8-16(18)20)14(9-21)10-23-2/h4-5,8-10,21,23-24H,6-7,11H2,1-3H3,(H2,22,25)/b14-10+,21-9?. The van der Waals surface area contributed by atoms with Gasteiger partial charge in [-0.2, -0.15) is 0 Å². The lowest BCUT2D eigenvalue weighted by atomic mass is 10.0. The molecule has 1 aliphatic rings. The highest BCUT2D eigenvalue weighted by molar-refractivity contribution is 6.09. The predicted octanol–water partition coefficient (Wildman–Crippen LogP) is 2.15. The summed E-state index contributed by atoms with van der Waals surface area (Å²) < 4.78 is 14.5. The zero-order valence-electron chi connectivity index (χ0n) is 15.7. The molecule has 0 atom stereocenters. The van der Waals surface area contributed by atoms with Crippen molar-refractivity contribution in [2.75, 3.05) is 32.5 Å². The first-order chi connectivity index (χ1) is 12.9. The summed E-state index contributed by atoms with van der Waals surface area (Å²) >= 11 is 0. The van der Waals surface area contributed by atoms with Crippen LogP contribution < -0.4 is 16.0 Å². The van der Waals surface area contributed by atoms with Crippen LogP contribution in [0.2, 0.25) is 0 Å². The minimum atomic E-state index is -0.521. The van der Waals surface area contributed by atoms with E-state index in [4.69, 9.17) is 10.8 Å². The number of benzene rings is 1. The van der Waals surface area contributed by atoms with E-state index in [0.29, 0.717) is 36.2 Å². The largest absolute Gasteiger partial charge is 0.393 e. The fourth-order valence-electron chi connectivity index (χ4n) is 2.91.